The third kappa shape index (κ3) is 3.78. The molecule has 3 aliphatic heterocycles. The second-order valence-corrected chi connectivity index (χ2v) is 11.6. The first kappa shape index (κ1) is 26.2. The summed E-state index contributed by atoms with van der Waals surface area (Å²) in [5.41, 5.74) is 6.08. The Morgan fingerprint density at radius 2 is 1.73 bits per heavy atom. The molecule has 5 heteroatoms. The second kappa shape index (κ2) is 9.88. The van der Waals surface area contributed by atoms with Crippen LogP contribution in [0.3, 0.4) is 0 Å². The van der Waals surface area contributed by atoms with Crippen molar-refractivity contribution in [2.75, 3.05) is 10.2 Å². The van der Waals surface area contributed by atoms with Crippen molar-refractivity contribution in [1.29, 1.82) is 0 Å². The number of Topliss-reactive ketones (excluding diaryl/α,β-unsaturated/α-hetero) is 2. The summed E-state index contributed by atoms with van der Waals surface area (Å²) in [6, 6.07) is 20.3. The number of hydrogen-bond acceptors (Lipinski definition) is 4. The van der Waals surface area contributed by atoms with E-state index in [0.29, 0.717) is 11.3 Å². The first-order chi connectivity index (χ1) is 19.3. The molecule has 1 saturated heterocycles. The number of anilines is 2. The molecule has 5 nitrogen and oxygen atoms in total. The lowest BCUT2D eigenvalue weighted by Gasteiger charge is -2.39. The predicted molar refractivity (Wildman–Crippen MR) is 160 cm³/mol. The van der Waals surface area contributed by atoms with Crippen LogP contribution in [-0.2, 0) is 21.4 Å². The number of carbonyl (C=O) groups excluding carboxylic acids is 3. The molecule has 0 unspecified atom stereocenters. The molecule has 0 saturated carbocycles. The predicted octanol–water partition coefficient (Wildman–Crippen LogP) is 6.68. The normalized spacial score (nSPS) is 24.3. The fourth-order valence-corrected chi connectivity index (χ4v) is 7.29. The molecular formula is C35H36N2O3. The van der Waals surface area contributed by atoms with Gasteiger partial charge in [-0.05, 0) is 68.5 Å². The first-order valence-electron chi connectivity index (χ1n) is 14.4. The van der Waals surface area contributed by atoms with Gasteiger partial charge in [-0.25, -0.2) is 0 Å². The number of nitrogens with zero attached hydrogens (tertiary/aromatic N) is 1. The van der Waals surface area contributed by atoms with Crippen molar-refractivity contribution in [2.24, 2.45) is 5.92 Å². The Labute approximate surface area is 236 Å². The molecule has 0 aliphatic carbocycles. The number of allylic oxidation sites excluding steroid dienone is 1. The molecule has 0 radical (unpaired) electrons. The van der Waals surface area contributed by atoms with Crippen LogP contribution in [-0.4, -0.2) is 29.6 Å². The number of para-hydroxylation sites is 1. The van der Waals surface area contributed by atoms with Crippen molar-refractivity contribution in [3.63, 3.8) is 0 Å². The number of unbranched alkanes of at least 4 members (excludes halogenated alkanes) is 2. The van der Waals surface area contributed by atoms with Crippen LogP contribution in [0.1, 0.15) is 72.6 Å². The van der Waals surface area contributed by atoms with Gasteiger partial charge in [0.1, 0.15) is 5.41 Å². The van der Waals surface area contributed by atoms with E-state index in [1.807, 2.05) is 67.6 Å². The summed E-state index contributed by atoms with van der Waals surface area (Å²) in [7, 11) is 0. The van der Waals surface area contributed by atoms with Gasteiger partial charge in [-0.2, -0.15) is 0 Å². The van der Waals surface area contributed by atoms with Crippen LogP contribution in [0.25, 0.3) is 5.57 Å². The van der Waals surface area contributed by atoms with Crippen molar-refractivity contribution in [1.82, 2.24) is 0 Å². The topological polar surface area (TPSA) is 66.5 Å². The Morgan fingerprint density at radius 1 is 0.975 bits per heavy atom. The molecule has 1 amide bonds. The zero-order chi connectivity index (χ0) is 28.2. The number of nitrogens with one attached hydrogen (secondary N) is 1. The van der Waals surface area contributed by atoms with Crippen LogP contribution in [0.5, 0.6) is 0 Å². The largest absolute Gasteiger partial charge is 0.352 e. The summed E-state index contributed by atoms with van der Waals surface area (Å²) in [6.07, 6.45) is 6.51. The molecule has 1 spiro atoms. The van der Waals surface area contributed by atoms with Crippen LogP contribution in [0.4, 0.5) is 11.4 Å². The molecule has 3 aliphatic rings. The zero-order valence-electron chi connectivity index (χ0n) is 23.7. The van der Waals surface area contributed by atoms with E-state index in [-0.39, 0.29) is 17.5 Å². The van der Waals surface area contributed by atoms with Gasteiger partial charge in [0.15, 0.2) is 11.6 Å². The van der Waals surface area contributed by atoms with E-state index in [1.54, 1.807) is 6.92 Å². The average molecular weight is 533 g/mol. The van der Waals surface area contributed by atoms with Crippen LogP contribution in [0.2, 0.25) is 0 Å². The Hall–Kier alpha value is -3.99. The standard InChI is InChI=1S/C35H36N2O3/c1-5-6-7-10-24-14-16-25(17-15-24)33(39)31-32(23(4)38)37-29-18-13-21(2)19-26(29)22(3)20-30(37)35(31)27-11-8-9-12-28(27)36-34(35)40/h8-9,11-20,30-32H,5-7,10H2,1-4H3,(H,36,40)/t30-,31-,32-,35+/m1/s1. The number of carbonyl (C=O) groups is 3. The van der Waals surface area contributed by atoms with Gasteiger partial charge in [-0.1, -0.05) is 79.9 Å². The van der Waals surface area contributed by atoms with Gasteiger partial charge in [0, 0.05) is 22.5 Å². The molecule has 4 atom stereocenters. The molecule has 6 rings (SSSR count). The van der Waals surface area contributed by atoms with Gasteiger partial charge in [-0.15, -0.1) is 0 Å². The average Bonchev–Trinajstić information content (AvgIpc) is 3.41. The van der Waals surface area contributed by atoms with E-state index >= 15 is 0 Å². The maximum absolute atomic E-state index is 14.7. The van der Waals surface area contributed by atoms with E-state index in [4.69, 9.17) is 0 Å². The lowest BCUT2D eigenvalue weighted by atomic mass is 9.64. The molecule has 0 aromatic heterocycles. The summed E-state index contributed by atoms with van der Waals surface area (Å²) >= 11 is 0. The number of aryl methyl sites for hydroxylation is 2. The molecule has 3 heterocycles. The Kier molecular flexibility index (Phi) is 6.48. The molecule has 3 aromatic carbocycles. The smallest absolute Gasteiger partial charge is 0.238 e. The monoisotopic (exact) mass is 532 g/mol. The van der Waals surface area contributed by atoms with E-state index in [0.717, 1.165) is 47.2 Å². The van der Waals surface area contributed by atoms with Gasteiger partial charge in [-0.3, -0.25) is 14.4 Å². The molecule has 204 valence electrons. The first-order valence-corrected chi connectivity index (χ1v) is 14.4. The van der Waals surface area contributed by atoms with Crippen molar-refractivity contribution in [3.05, 3.63) is 101 Å². The van der Waals surface area contributed by atoms with Gasteiger partial charge >= 0.3 is 0 Å². The van der Waals surface area contributed by atoms with Gasteiger partial charge in [0.25, 0.3) is 0 Å². The van der Waals surface area contributed by atoms with Crippen LogP contribution in [0, 0.1) is 12.8 Å². The molecule has 1 fully saturated rings. The highest BCUT2D eigenvalue weighted by Gasteiger charge is 2.70. The Balaban J connectivity index is 1.55. The van der Waals surface area contributed by atoms with Crippen molar-refractivity contribution in [2.45, 2.75) is 70.9 Å². The van der Waals surface area contributed by atoms with Crippen LogP contribution >= 0.6 is 0 Å². The summed E-state index contributed by atoms with van der Waals surface area (Å²) in [5, 5.41) is 3.09. The van der Waals surface area contributed by atoms with Gasteiger partial charge < -0.3 is 10.2 Å². The maximum atomic E-state index is 14.7. The minimum absolute atomic E-state index is 0.118. The van der Waals surface area contributed by atoms with Gasteiger partial charge in [0.05, 0.1) is 18.0 Å². The number of fused-ring (bicyclic) bond motifs is 6. The fourth-order valence-electron chi connectivity index (χ4n) is 7.29. The summed E-state index contributed by atoms with van der Waals surface area (Å²) in [6.45, 7) is 7.84. The third-order valence-corrected chi connectivity index (χ3v) is 9.14. The maximum Gasteiger partial charge on any atom is 0.238 e. The fraction of sp³-hybridized carbons (Fsp3) is 0.343. The number of hydrogen-bond donors (Lipinski definition) is 1. The zero-order valence-corrected chi connectivity index (χ0v) is 23.7. The van der Waals surface area contributed by atoms with Crippen LogP contribution < -0.4 is 10.2 Å². The number of amides is 1. The van der Waals surface area contributed by atoms with Crippen molar-refractivity contribution < 1.29 is 14.4 Å². The molecule has 40 heavy (non-hydrogen) atoms. The minimum atomic E-state index is -1.24. The highest BCUT2D eigenvalue weighted by molar-refractivity contribution is 6.16. The molecule has 3 aromatic rings. The lowest BCUT2D eigenvalue weighted by Crippen LogP contribution is -2.51. The van der Waals surface area contributed by atoms with E-state index in [9.17, 15) is 14.4 Å². The van der Waals surface area contributed by atoms with Gasteiger partial charge in [0.2, 0.25) is 5.91 Å². The highest BCUT2D eigenvalue weighted by Crippen LogP contribution is 2.58. The number of rotatable bonds is 7. The van der Waals surface area contributed by atoms with E-state index < -0.39 is 23.4 Å². The summed E-state index contributed by atoms with van der Waals surface area (Å²) in [5.74, 6) is -1.39. The number of ketones is 2. The van der Waals surface area contributed by atoms with Crippen molar-refractivity contribution >= 4 is 34.4 Å². The highest BCUT2D eigenvalue weighted by atomic mass is 16.2. The summed E-state index contributed by atoms with van der Waals surface area (Å²) in [4.78, 5) is 44.6. The van der Waals surface area contributed by atoms with Crippen molar-refractivity contribution in [3.8, 4) is 0 Å². The number of benzene rings is 3. The van der Waals surface area contributed by atoms with E-state index in [2.05, 4.69) is 36.2 Å². The van der Waals surface area contributed by atoms with Crippen LogP contribution in [0.15, 0.2) is 72.8 Å². The molecule has 1 N–H and O–H groups in total. The second-order valence-electron chi connectivity index (χ2n) is 11.6. The minimum Gasteiger partial charge on any atom is -0.352 e. The Morgan fingerprint density at radius 3 is 2.45 bits per heavy atom. The third-order valence-electron chi connectivity index (χ3n) is 9.14. The lowest BCUT2D eigenvalue weighted by molar-refractivity contribution is -0.122. The Bertz CT molecular complexity index is 1550. The van der Waals surface area contributed by atoms with E-state index in [1.165, 1.54) is 12.0 Å². The SMILES string of the molecule is CCCCCc1ccc(C(=O)[C@H]2[C@@H](C(C)=O)N3c4ccc(C)cc4C(C)=C[C@@H]3[C@]23C(=O)Nc2ccccc23)cc1. The molecular weight excluding hydrogens is 496 g/mol. The molecule has 0 bridgehead atoms. The quantitative estimate of drug-likeness (QED) is 0.272. The summed E-state index contributed by atoms with van der Waals surface area (Å²) < 4.78 is 0.